The number of benzene rings is 1. The Morgan fingerprint density at radius 3 is 3.17 bits per heavy atom. The molecular weight excluding hydrogens is 150 g/mol. The van der Waals surface area contributed by atoms with Gasteiger partial charge in [-0.25, -0.2) is 0 Å². The van der Waals surface area contributed by atoms with Crippen LogP contribution in [0.25, 0.3) is 6.26 Å². The number of fused-ring (bicyclic) bond motifs is 1. The van der Waals surface area contributed by atoms with E-state index in [2.05, 4.69) is 4.99 Å². The van der Waals surface area contributed by atoms with Gasteiger partial charge in [-0.3, -0.25) is 4.99 Å². The second kappa shape index (κ2) is 3.22. The summed E-state index contributed by atoms with van der Waals surface area (Å²) in [6, 6.07) is 7.88. The Morgan fingerprint density at radius 2 is 2.17 bits per heavy atom. The van der Waals surface area contributed by atoms with Crippen LogP contribution in [0, 0.1) is 0 Å². The predicted octanol–water partition coefficient (Wildman–Crippen LogP) is 0.588. The summed E-state index contributed by atoms with van der Waals surface area (Å²) in [6.07, 6.45) is 5.39. The molecule has 12 heavy (non-hydrogen) atoms. The maximum Gasteiger partial charge on any atom is 0.107 e. The van der Waals surface area contributed by atoms with Crippen LogP contribution < -0.4 is 10.6 Å². The molecule has 1 aromatic rings. The SMILES string of the molecule is C1=CN=c2ccccc2=COC1. The fourth-order valence-corrected chi connectivity index (χ4v) is 1.07. The van der Waals surface area contributed by atoms with Crippen LogP contribution in [0.1, 0.15) is 0 Å². The van der Waals surface area contributed by atoms with E-state index in [4.69, 9.17) is 4.74 Å². The van der Waals surface area contributed by atoms with Crippen LogP contribution in [0.5, 0.6) is 0 Å². The average Bonchev–Trinajstić information content (AvgIpc) is 2.06. The van der Waals surface area contributed by atoms with Crippen LogP contribution in [-0.4, -0.2) is 6.61 Å². The zero-order valence-corrected chi connectivity index (χ0v) is 6.60. The van der Waals surface area contributed by atoms with Gasteiger partial charge < -0.3 is 4.74 Å². The molecule has 0 spiro atoms. The quantitative estimate of drug-likeness (QED) is 0.543. The zero-order chi connectivity index (χ0) is 8.23. The third kappa shape index (κ3) is 1.37. The number of hydrogen-bond acceptors (Lipinski definition) is 2. The largest absolute Gasteiger partial charge is 0.496 e. The van der Waals surface area contributed by atoms with Gasteiger partial charge in [-0.15, -0.1) is 0 Å². The molecule has 1 aromatic carbocycles. The highest BCUT2D eigenvalue weighted by Gasteiger charge is 1.86. The van der Waals surface area contributed by atoms with Gasteiger partial charge in [0.25, 0.3) is 0 Å². The van der Waals surface area contributed by atoms with Crippen LogP contribution in [0.2, 0.25) is 0 Å². The zero-order valence-electron chi connectivity index (χ0n) is 6.60. The summed E-state index contributed by atoms with van der Waals surface area (Å²) in [7, 11) is 0. The maximum atomic E-state index is 5.23. The molecule has 2 heteroatoms. The number of rotatable bonds is 0. The number of para-hydroxylation sites is 1. The van der Waals surface area contributed by atoms with Crippen LogP contribution >= 0.6 is 0 Å². The first-order valence-electron chi connectivity index (χ1n) is 3.86. The van der Waals surface area contributed by atoms with E-state index in [0.29, 0.717) is 6.61 Å². The van der Waals surface area contributed by atoms with Gasteiger partial charge in [0.05, 0.1) is 11.6 Å². The molecule has 0 atom stereocenters. The molecule has 60 valence electrons. The monoisotopic (exact) mass is 159 g/mol. The van der Waals surface area contributed by atoms with Crippen molar-refractivity contribution in [3.05, 3.63) is 47.1 Å². The van der Waals surface area contributed by atoms with Crippen molar-refractivity contribution in [1.82, 2.24) is 0 Å². The minimum Gasteiger partial charge on any atom is -0.496 e. The van der Waals surface area contributed by atoms with Crippen molar-refractivity contribution in [2.45, 2.75) is 0 Å². The number of hydrogen-bond donors (Lipinski definition) is 0. The summed E-state index contributed by atoms with van der Waals surface area (Å²) in [4.78, 5) is 4.25. The van der Waals surface area contributed by atoms with Gasteiger partial charge in [0.1, 0.15) is 6.61 Å². The molecule has 0 unspecified atom stereocenters. The first-order chi connectivity index (χ1) is 5.97. The van der Waals surface area contributed by atoms with E-state index < -0.39 is 0 Å². The lowest BCUT2D eigenvalue weighted by atomic mass is 10.3. The van der Waals surface area contributed by atoms with Gasteiger partial charge in [0.2, 0.25) is 0 Å². The Labute approximate surface area is 70.5 Å². The Morgan fingerprint density at radius 1 is 1.25 bits per heavy atom. The molecular formula is C10H9NO. The summed E-state index contributed by atoms with van der Waals surface area (Å²) in [5, 5.41) is 1.98. The third-order valence-corrected chi connectivity index (χ3v) is 1.66. The molecule has 1 aliphatic rings. The number of ether oxygens (including phenoxy) is 1. The molecule has 0 saturated heterocycles. The van der Waals surface area contributed by atoms with Crippen molar-refractivity contribution in [2.24, 2.45) is 4.99 Å². The minimum atomic E-state index is 0.595. The Balaban J connectivity index is 2.71. The molecule has 1 heterocycles. The van der Waals surface area contributed by atoms with Crippen LogP contribution in [-0.2, 0) is 4.74 Å². The van der Waals surface area contributed by atoms with E-state index in [9.17, 15) is 0 Å². The summed E-state index contributed by atoms with van der Waals surface area (Å²) in [5.41, 5.74) is 0. The first kappa shape index (κ1) is 7.10. The molecule has 0 N–H and O–H groups in total. The summed E-state index contributed by atoms with van der Waals surface area (Å²) in [5.74, 6) is 0. The van der Waals surface area contributed by atoms with Crippen molar-refractivity contribution in [3.63, 3.8) is 0 Å². The van der Waals surface area contributed by atoms with E-state index in [1.807, 2.05) is 30.3 Å². The highest BCUT2D eigenvalue weighted by atomic mass is 16.5. The molecule has 0 bridgehead atoms. The lowest BCUT2D eigenvalue weighted by molar-refractivity contribution is 0.337. The maximum absolute atomic E-state index is 5.23. The molecule has 0 aromatic heterocycles. The van der Waals surface area contributed by atoms with Crippen LogP contribution in [0.3, 0.4) is 0 Å². The lowest BCUT2D eigenvalue weighted by Crippen LogP contribution is -2.24. The standard InChI is InChI=1S/C10H9NO/c1-2-5-10-9(4-1)8-12-7-3-6-11-10/h1-6,8H,7H2. The van der Waals surface area contributed by atoms with Gasteiger partial charge in [-0.2, -0.15) is 0 Å². The highest BCUT2D eigenvalue weighted by molar-refractivity contribution is 5.17. The fraction of sp³-hybridized carbons (Fsp3) is 0.100. The van der Waals surface area contributed by atoms with Gasteiger partial charge in [-0.05, 0) is 18.2 Å². The topological polar surface area (TPSA) is 21.6 Å². The Bertz CT molecular complexity index is 406. The Hall–Kier alpha value is -1.57. The van der Waals surface area contributed by atoms with E-state index in [1.54, 1.807) is 12.5 Å². The second-order valence-corrected chi connectivity index (χ2v) is 2.52. The smallest absolute Gasteiger partial charge is 0.107 e. The Kier molecular flexibility index (Phi) is 1.90. The number of nitrogens with zero attached hydrogens (tertiary/aromatic N) is 1. The minimum absolute atomic E-state index is 0.595. The normalized spacial score (nSPS) is 14.3. The van der Waals surface area contributed by atoms with Crippen LogP contribution in [0.4, 0.5) is 0 Å². The van der Waals surface area contributed by atoms with E-state index in [1.165, 1.54) is 0 Å². The van der Waals surface area contributed by atoms with Crippen molar-refractivity contribution in [3.8, 4) is 0 Å². The molecule has 1 aliphatic heterocycles. The summed E-state index contributed by atoms with van der Waals surface area (Å²) in [6.45, 7) is 0.595. The van der Waals surface area contributed by atoms with Crippen molar-refractivity contribution in [1.29, 1.82) is 0 Å². The van der Waals surface area contributed by atoms with E-state index in [-0.39, 0.29) is 0 Å². The molecule has 0 saturated carbocycles. The molecule has 0 aliphatic carbocycles. The fourth-order valence-electron chi connectivity index (χ4n) is 1.07. The van der Waals surface area contributed by atoms with Crippen molar-refractivity contribution >= 4 is 6.26 Å². The van der Waals surface area contributed by atoms with E-state index in [0.717, 1.165) is 10.6 Å². The third-order valence-electron chi connectivity index (χ3n) is 1.66. The molecule has 0 amide bonds. The lowest BCUT2D eigenvalue weighted by Gasteiger charge is -1.96. The van der Waals surface area contributed by atoms with Gasteiger partial charge in [0.15, 0.2) is 0 Å². The molecule has 2 rings (SSSR count). The predicted molar refractivity (Wildman–Crippen MR) is 46.8 cm³/mol. The molecule has 2 nitrogen and oxygen atoms in total. The molecule has 0 fully saturated rings. The highest BCUT2D eigenvalue weighted by Crippen LogP contribution is 1.82. The second-order valence-electron chi connectivity index (χ2n) is 2.52. The van der Waals surface area contributed by atoms with Gasteiger partial charge >= 0.3 is 0 Å². The van der Waals surface area contributed by atoms with Crippen molar-refractivity contribution < 1.29 is 4.74 Å². The first-order valence-corrected chi connectivity index (χ1v) is 3.86. The average molecular weight is 159 g/mol. The molecule has 0 radical (unpaired) electrons. The van der Waals surface area contributed by atoms with Crippen molar-refractivity contribution in [2.75, 3.05) is 6.61 Å². The van der Waals surface area contributed by atoms with Gasteiger partial charge in [-0.1, -0.05) is 12.1 Å². The van der Waals surface area contributed by atoms with Crippen LogP contribution in [0.15, 0.2) is 41.5 Å². The summed E-state index contributed by atoms with van der Waals surface area (Å²) < 4.78 is 5.23. The van der Waals surface area contributed by atoms with E-state index >= 15 is 0 Å². The van der Waals surface area contributed by atoms with Gasteiger partial charge in [0, 0.05) is 11.4 Å². The summed E-state index contributed by atoms with van der Waals surface area (Å²) >= 11 is 0.